The highest BCUT2D eigenvalue weighted by atomic mass is 35.5. The Morgan fingerprint density at radius 1 is 1.14 bits per heavy atom. The van der Waals surface area contributed by atoms with Crippen LogP contribution in [0.5, 0.6) is 0 Å². The Labute approximate surface area is 124 Å². The molecular formula is C13H11ClN6O. The number of fused-ring (bicyclic) bond motifs is 1. The van der Waals surface area contributed by atoms with Crippen LogP contribution in [0.3, 0.4) is 0 Å². The molecule has 0 spiro atoms. The molecule has 2 heterocycles. The van der Waals surface area contributed by atoms with Crippen molar-refractivity contribution < 1.29 is 4.79 Å². The molecule has 2 N–H and O–H groups in total. The van der Waals surface area contributed by atoms with E-state index < -0.39 is 0 Å². The number of carbonyl (C=O) groups excluding carboxylic acids is 1. The number of amides is 1. The number of aromatic nitrogens is 4. The van der Waals surface area contributed by atoms with Gasteiger partial charge in [-0.15, -0.1) is 15.3 Å². The third kappa shape index (κ3) is 2.77. The fourth-order valence-corrected chi connectivity index (χ4v) is 1.91. The van der Waals surface area contributed by atoms with Gasteiger partial charge >= 0.3 is 0 Å². The monoisotopic (exact) mass is 302 g/mol. The first-order valence-electron chi connectivity index (χ1n) is 6.14. The molecule has 3 aromatic rings. The number of benzene rings is 1. The zero-order valence-electron chi connectivity index (χ0n) is 11.0. The second kappa shape index (κ2) is 5.37. The molecule has 1 amide bonds. The predicted octanol–water partition coefficient (Wildman–Crippen LogP) is 1.91. The average Bonchev–Trinajstić information content (AvgIpc) is 2.89. The molecule has 0 aliphatic rings. The maximum Gasteiger partial charge on any atom is 0.235 e. The van der Waals surface area contributed by atoms with E-state index in [-0.39, 0.29) is 5.91 Å². The highest BCUT2D eigenvalue weighted by molar-refractivity contribution is 6.30. The van der Waals surface area contributed by atoms with Crippen molar-refractivity contribution in [1.82, 2.24) is 25.2 Å². The van der Waals surface area contributed by atoms with Gasteiger partial charge in [-0.3, -0.25) is 15.6 Å². The summed E-state index contributed by atoms with van der Waals surface area (Å²) in [6, 6.07) is 10.7. The first-order valence-corrected chi connectivity index (χ1v) is 6.52. The molecule has 0 atom stereocenters. The second-order valence-electron chi connectivity index (χ2n) is 4.33. The molecule has 0 aliphatic carbocycles. The van der Waals surface area contributed by atoms with E-state index in [0.717, 1.165) is 5.56 Å². The molecule has 0 fully saturated rings. The van der Waals surface area contributed by atoms with Gasteiger partial charge in [0.05, 0.1) is 0 Å². The van der Waals surface area contributed by atoms with Crippen molar-refractivity contribution in [2.75, 3.05) is 5.43 Å². The van der Waals surface area contributed by atoms with Crippen molar-refractivity contribution in [1.29, 1.82) is 0 Å². The maximum atomic E-state index is 10.9. The first kappa shape index (κ1) is 13.3. The van der Waals surface area contributed by atoms with Crippen LogP contribution in [0.25, 0.3) is 17.0 Å². The topological polar surface area (TPSA) is 84.2 Å². The molecule has 0 aliphatic heterocycles. The minimum Gasteiger partial charge on any atom is -0.280 e. The molecule has 7 nitrogen and oxygen atoms in total. The van der Waals surface area contributed by atoms with E-state index in [0.29, 0.717) is 22.3 Å². The smallest absolute Gasteiger partial charge is 0.235 e. The Morgan fingerprint density at radius 2 is 1.90 bits per heavy atom. The molecule has 3 rings (SSSR count). The summed E-state index contributed by atoms with van der Waals surface area (Å²) in [5, 5.41) is 13.2. The van der Waals surface area contributed by atoms with Gasteiger partial charge in [-0.25, -0.2) is 0 Å². The number of hydrogen-bond acceptors (Lipinski definition) is 5. The molecule has 21 heavy (non-hydrogen) atoms. The third-order valence-electron chi connectivity index (χ3n) is 2.73. The van der Waals surface area contributed by atoms with E-state index in [2.05, 4.69) is 26.1 Å². The summed E-state index contributed by atoms with van der Waals surface area (Å²) >= 11 is 5.88. The summed E-state index contributed by atoms with van der Waals surface area (Å²) in [5.41, 5.74) is 6.62. The Morgan fingerprint density at radius 3 is 2.62 bits per heavy atom. The van der Waals surface area contributed by atoms with Gasteiger partial charge in [-0.1, -0.05) is 11.6 Å². The van der Waals surface area contributed by atoms with Crippen LogP contribution in [0.1, 0.15) is 6.92 Å². The van der Waals surface area contributed by atoms with Crippen LogP contribution in [0, 0.1) is 0 Å². The van der Waals surface area contributed by atoms with E-state index >= 15 is 0 Å². The SMILES string of the molecule is CC(=O)NNc1ccc2nnc(-c3ccc(Cl)cc3)n2n1. The number of hydrazine groups is 1. The average molecular weight is 303 g/mol. The first-order chi connectivity index (χ1) is 10.1. The van der Waals surface area contributed by atoms with Crippen LogP contribution in [-0.4, -0.2) is 25.7 Å². The lowest BCUT2D eigenvalue weighted by atomic mass is 10.2. The van der Waals surface area contributed by atoms with Crippen LogP contribution in [0.4, 0.5) is 5.82 Å². The van der Waals surface area contributed by atoms with Crippen LogP contribution < -0.4 is 10.9 Å². The molecule has 8 heteroatoms. The van der Waals surface area contributed by atoms with Crippen molar-refractivity contribution in [3.05, 3.63) is 41.4 Å². The minimum absolute atomic E-state index is 0.210. The quantitative estimate of drug-likeness (QED) is 0.722. The number of halogens is 1. The molecule has 0 saturated carbocycles. The van der Waals surface area contributed by atoms with Crippen molar-refractivity contribution in [2.24, 2.45) is 0 Å². The van der Waals surface area contributed by atoms with Gasteiger partial charge in [0.25, 0.3) is 0 Å². The summed E-state index contributed by atoms with van der Waals surface area (Å²) in [6.07, 6.45) is 0. The molecule has 0 unspecified atom stereocenters. The van der Waals surface area contributed by atoms with Gasteiger partial charge < -0.3 is 0 Å². The van der Waals surface area contributed by atoms with Crippen molar-refractivity contribution in [3.63, 3.8) is 0 Å². The van der Waals surface area contributed by atoms with Gasteiger partial charge in [0.1, 0.15) is 0 Å². The standard InChI is InChI=1S/C13H11ClN6O/c1-8(21)15-16-11-6-7-12-17-18-13(20(12)19-11)9-2-4-10(14)5-3-9/h2-7H,1H3,(H,15,21)(H,16,19). The number of anilines is 1. The van der Waals surface area contributed by atoms with E-state index in [4.69, 9.17) is 11.6 Å². The molecule has 0 saturated heterocycles. The normalized spacial score (nSPS) is 10.6. The Balaban J connectivity index is 2.01. The fourth-order valence-electron chi connectivity index (χ4n) is 1.79. The highest BCUT2D eigenvalue weighted by Crippen LogP contribution is 2.20. The van der Waals surface area contributed by atoms with Crippen LogP contribution >= 0.6 is 11.6 Å². The van der Waals surface area contributed by atoms with E-state index in [9.17, 15) is 4.79 Å². The third-order valence-corrected chi connectivity index (χ3v) is 2.98. The summed E-state index contributed by atoms with van der Waals surface area (Å²) < 4.78 is 1.59. The fraction of sp³-hybridized carbons (Fsp3) is 0.0769. The number of hydrogen-bond donors (Lipinski definition) is 2. The lowest BCUT2D eigenvalue weighted by Gasteiger charge is -2.06. The molecular weight excluding hydrogens is 292 g/mol. The van der Waals surface area contributed by atoms with Gasteiger partial charge in [-0.2, -0.15) is 4.52 Å². The summed E-state index contributed by atoms with van der Waals surface area (Å²) in [7, 11) is 0. The molecule has 0 bridgehead atoms. The van der Waals surface area contributed by atoms with E-state index in [1.807, 2.05) is 12.1 Å². The van der Waals surface area contributed by atoms with E-state index in [1.165, 1.54) is 6.92 Å². The number of rotatable bonds is 3. The Kier molecular flexibility index (Phi) is 3.41. The Hall–Kier alpha value is -2.67. The summed E-state index contributed by atoms with van der Waals surface area (Å²) in [6.45, 7) is 1.41. The number of nitrogens with one attached hydrogen (secondary N) is 2. The maximum absolute atomic E-state index is 10.9. The second-order valence-corrected chi connectivity index (χ2v) is 4.76. The summed E-state index contributed by atoms with van der Waals surface area (Å²) in [5.74, 6) is 0.861. The molecule has 0 radical (unpaired) electrons. The highest BCUT2D eigenvalue weighted by Gasteiger charge is 2.10. The minimum atomic E-state index is -0.210. The number of carbonyl (C=O) groups is 1. The lowest BCUT2D eigenvalue weighted by molar-refractivity contribution is -0.118. The lowest BCUT2D eigenvalue weighted by Crippen LogP contribution is -2.27. The van der Waals surface area contributed by atoms with Crippen LogP contribution in [-0.2, 0) is 4.79 Å². The van der Waals surface area contributed by atoms with Crippen molar-refractivity contribution in [2.45, 2.75) is 6.92 Å². The van der Waals surface area contributed by atoms with Gasteiger partial charge in [0.15, 0.2) is 17.3 Å². The molecule has 2 aromatic heterocycles. The van der Waals surface area contributed by atoms with Crippen LogP contribution in [0.15, 0.2) is 36.4 Å². The zero-order chi connectivity index (χ0) is 14.8. The molecule has 1 aromatic carbocycles. The van der Waals surface area contributed by atoms with Crippen LogP contribution in [0.2, 0.25) is 5.02 Å². The van der Waals surface area contributed by atoms with Gasteiger partial charge in [-0.05, 0) is 36.4 Å². The predicted molar refractivity (Wildman–Crippen MR) is 78.7 cm³/mol. The Bertz CT molecular complexity index is 798. The van der Waals surface area contributed by atoms with Crippen molar-refractivity contribution >= 4 is 29.0 Å². The van der Waals surface area contributed by atoms with Gasteiger partial charge in [0.2, 0.25) is 5.91 Å². The summed E-state index contributed by atoms with van der Waals surface area (Å²) in [4.78, 5) is 10.9. The zero-order valence-corrected chi connectivity index (χ0v) is 11.8. The van der Waals surface area contributed by atoms with E-state index in [1.54, 1.807) is 28.8 Å². The van der Waals surface area contributed by atoms with Crippen molar-refractivity contribution in [3.8, 4) is 11.4 Å². The largest absolute Gasteiger partial charge is 0.280 e. The number of nitrogens with zero attached hydrogens (tertiary/aromatic N) is 4. The van der Waals surface area contributed by atoms with Gasteiger partial charge in [0, 0.05) is 17.5 Å². The molecule has 106 valence electrons.